The molecule has 0 aliphatic carbocycles. The summed E-state index contributed by atoms with van der Waals surface area (Å²) in [6, 6.07) is 6.37. The minimum Gasteiger partial charge on any atom is -0.378 e. The fourth-order valence-electron chi connectivity index (χ4n) is 2.39. The van der Waals surface area contributed by atoms with Crippen molar-refractivity contribution in [2.45, 2.75) is 19.8 Å². The van der Waals surface area contributed by atoms with Crippen molar-refractivity contribution >= 4 is 35.1 Å². The zero-order valence-corrected chi connectivity index (χ0v) is 14.6. The molecule has 0 saturated carbocycles. The molecule has 25 heavy (non-hydrogen) atoms. The average molecular weight is 346 g/mol. The van der Waals surface area contributed by atoms with E-state index in [1.807, 2.05) is 38.1 Å². The highest BCUT2D eigenvalue weighted by Gasteiger charge is 2.44. The summed E-state index contributed by atoms with van der Waals surface area (Å²) in [5, 5.41) is 2.62. The molecule has 1 fully saturated rings. The molecule has 0 unspecified atom stereocenters. The van der Waals surface area contributed by atoms with Crippen LogP contribution in [-0.4, -0.2) is 60.7 Å². The molecule has 1 aliphatic rings. The zero-order chi connectivity index (χ0) is 18.6. The Bertz CT molecular complexity index is 684. The van der Waals surface area contributed by atoms with Crippen molar-refractivity contribution < 1.29 is 19.2 Å². The van der Waals surface area contributed by atoms with E-state index in [1.165, 1.54) is 0 Å². The first-order valence-electron chi connectivity index (χ1n) is 8.09. The van der Waals surface area contributed by atoms with Gasteiger partial charge in [-0.15, -0.1) is 0 Å². The number of amides is 5. The maximum Gasteiger partial charge on any atom is 0.334 e. The van der Waals surface area contributed by atoms with E-state index < -0.39 is 30.3 Å². The van der Waals surface area contributed by atoms with Gasteiger partial charge in [0.15, 0.2) is 0 Å². The van der Waals surface area contributed by atoms with Crippen molar-refractivity contribution in [2.75, 3.05) is 37.4 Å². The number of imide groups is 2. The van der Waals surface area contributed by atoms with E-state index in [2.05, 4.69) is 5.32 Å². The summed E-state index contributed by atoms with van der Waals surface area (Å²) in [4.78, 5) is 51.5. The molecule has 8 heteroatoms. The zero-order valence-electron chi connectivity index (χ0n) is 14.6. The van der Waals surface area contributed by atoms with Crippen LogP contribution >= 0.6 is 0 Å². The number of anilines is 2. The van der Waals surface area contributed by atoms with Crippen LogP contribution in [0.4, 0.5) is 16.2 Å². The van der Waals surface area contributed by atoms with Gasteiger partial charge in [0.25, 0.3) is 0 Å². The lowest BCUT2D eigenvalue weighted by Crippen LogP contribution is -2.39. The Balaban J connectivity index is 1.98. The average Bonchev–Trinajstić information content (AvgIpc) is 2.77. The normalized spacial score (nSPS) is 14.3. The molecule has 1 N–H and O–H groups in total. The SMILES string of the molecule is CCCCN1C(=O)C(=O)N(CC(=O)Nc2ccc(N(C)C)cc2)C1=O. The summed E-state index contributed by atoms with van der Waals surface area (Å²) >= 11 is 0. The van der Waals surface area contributed by atoms with Crippen molar-refractivity contribution in [1.29, 1.82) is 0 Å². The fraction of sp³-hybridized carbons (Fsp3) is 0.412. The van der Waals surface area contributed by atoms with Gasteiger partial charge in [-0.1, -0.05) is 13.3 Å². The molecule has 0 bridgehead atoms. The van der Waals surface area contributed by atoms with Crippen molar-refractivity contribution in [3.63, 3.8) is 0 Å². The van der Waals surface area contributed by atoms with Crippen LogP contribution in [0.3, 0.4) is 0 Å². The Kier molecular flexibility index (Phi) is 5.74. The van der Waals surface area contributed by atoms with Gasteiger partial charge >= 0.3 is 17.8 Å². The lowest BCUT2D eigenvalue weighted by atomic mass is 10.2. The van der Waals surface area contributed by atoms with Crippen LogP contribution < -0.4 is 10.2 Å². The number of hydrogen-bond acceptors (Lipinski definition) is 5. The number of nitrogens with zero attached hydrogens (tertiary/aromatic N) is 3. The second kappa shape index (κ2) is 7.78. The Morgan fingerprint density at radius 1 is 1.04 bits per heavy atom. The standard InChI is InChI=1S/C17H22N4O4/c1-4-5-10-20-15(23)16(24)21(17(20)25)11-14(22)18-12-6-8-13(9-7-12)19(2)3/h6-9H,4-5,10-11H2,1-3H3,(H,18,22). The van der Waals surface area contributed by atoms with Gasteiger partial charge in [0.2, 0.25) is 5.91 Å². The molecular formula is C17H22N4O4. The smallest absolute Gasteiger partial charge is 0.334 e. The van der Waals surface area contributed by atoms with Crippen molar-refractivity contribution in [3.8, 4) is 0 Å². The van der Waals surface area contributed by atoms with Gasteiger partial charge in [-0.2, -0.15) is 0 Å². The van der Waals surface area contributed by atoms with Crippen LogP contribution in [0.25, 0.3) is 0 Å². The first kappa shape index (κ1) is 18.4. The van der Waals surface area contributed by atoms with Gasteiger partial charge < -0.3 is 10.2 Å². The Morgan fingerprint density at radius 2 is 1.64 bits per heavy atom. The molecule has 1 saturated heterocycles. The van der Waals surface area contributed by atoms with Crippen molar-refractivity contribution in [3.05, 3.63) is 24.3 Å². The maximum atomic E-state index is 12.2. The molecule has 8 nitrogen and oxygen atoms in total. The maximum absolute atomic E-state index is 12.2. The first-order chi connectivity index (χ1) is 11.8. The van der Waals surface area contributed by atoms with Crippen LogP contribution in [0.15, 0.2) is 24.3 Å². The van der Waals surface area contributed by atoms with E-state index in [9.17, 15) is 19.2 Å². The Labute approximate surface area is 146 Å². The predicted octanol–water partition coefficient (Wildman–Crippen LogP) is 1.28. The number of urea groups is 1. The van der Waals surface area contributed by atoms with Gasteiger partial charge in [0.1, 0.15) is 6.54 Å². The summed E-state index contributed by atoms with van der Waals surface area (Å²) in [7, 11) is 3.80. The third-order valence-electron chi connectivity index (χ3n) is 3.84. The lowest BCUT2D eigenvalue weighted by Gasteiger charge is -2.15. The lowest BCUT2D eigenvalue weighted by molar-refractivity contribution is -0.143. The van der Waals surface area contributed by atoms with E-state index in [0.717, 1.165) is 17.0 Å². The predicted molar refractivity (Wildman–Crippen MR) is 93.1 cm³/mol. The van der Waals surface area contributed by atoms with E-state index in [0.29, 0.717) is 17.0 Å². The minimum absolute atomic E-state index is 0.185. The van der Waals surface area contributed by atoms with Crippen molar-refractivity contribution in [1.82, 2.24) is 9.80 Å². The molecule has 0 atom stereocenters. The number of carbonyl (C=O) groups is 4. The Morgan fingerprint density at radius 3 is 2.20 bits per heavy atom. The summed E-state index contributed by atoms with van der Waals surface area (Å²) in [6.07, 6.45) is 1.40. The fourth-order valence-corrected chi connectivity index (χ4v) is 2.39. The topological polar surface area (TPSA) is 90.0 Å². The molecule has 5 amide bonds. The van der Waals surface area contributed by atoms with Crippen molar-refractivity contribution in [2.24, 2.45) is 0 Å². The number of benzene rings is 1. The minimum atomic E-state index is -0.959. The molecule has 0 radical (unpaired) electrons. The van der Waals surface area contributed by atoms with E-state index in [1.54, 1.807) is 12.1 Å². The molecular weight excluding hydrogens is 324 g/mol. The second-order valence-corrected chi connectivity index (χ2v) is 5.97. The van der Waals surface area contributed by atoms with E-state index >= 15 is 0 Å². The van der Waals surface area contributed by atoms with Crippen LogP contribution in [0.1, 0.15) is 19.8 Å². The monoisotopic (exact) mass is 346 g/mol. The van der Waals surface area contributed by atoms with E-state index in [4.69, 9.17) is 0 Å². The van der Waals surface area contributed by atoms with Gasteiger partial charge in [-0.25, -0.2) is 9.69 Å². The third kappa shape index (κ3) is 4.14. The molecule has 1 aliphatic heterocycles. The highest BCUT2D eigenvalue weighted by atomic mass is 16.2. The number of rotatable bonds is 7. The molecule has 0 aromatic heterocycles. The third-order valence-corrected chi connectivity index (χ3v) is 3.84. The number of carbonyl (C=O) groups excluding carboxylic acids is 4. The second-order valence-electron chi connectivity index (χ2n) is 5.97. The van der Waals surface area contributed by atoms with Gasteiger partial charge in [0, 0.05) is 32.0 Å². The molecule has 0 spiro atoms. The summed E-state index contributed by atoms with van der Waals surface area (Å²) in [5.74, 6) is -2.37. The molecule has 1 aromatic carbocycles. The number of nitrogens with one attached hydrogen (secondary N) is 1. The van der Waals surface area contributed by atoms with Crippen LogP contribution in [0.5, 0.6) is 0 Å². The molecule has 2 rings (SSSR count). The first-order valence-corrected chi connectivity index (χ1v) is 8.09. The van der Waals surface area contributed by atoms with Gasteiger partial charge in [-0.3, -0.25) is 19.3 Å². The molecule has 1 heterocycles. The highest BCUT2D eigenvalue weighted by Crippen LogP contribution is 2.17. The van der Waals surface area contributed by atoms with Crippen LogP contribution in [0.2, 0.25) is 0 Å². The highest BCUT2D eigenvalue weighted by molar-refractivity contribution is 6.45. The van der Waals surface area contributed by atoms with Crippen LogP contribution in [-0.2, 0) is 14.4 Å². The number of unbranched alkanes of at least 4 members (excludes halogenated alkanes) is 1. The van der Waals surface area contributed by atoms with E-state index in [-0.39, 0.29) is 6.54 Å². The summed E-state index contributed by atoms with van der Waals surface area (Å²) in [6.45, 7) is 1.62. The summed E-state index contributed by atoms with van der Waals surface area (Å²) in [5.41, 5.74) is 1.52. The Hall–Kier alpha value is -2.90. The largest absolute Gasteiger partial charge is 0.378 e. The van der Waals surface area contributed by atoms with Gasteiger partial charge in [-0.05, 0) is 30.7 Å². The van der Waals surface area contributed by atoms with Gasteiger partial charge in [0.05, 0.1) is 0 Å². The quantitative estimate of drug-likeness (QED) is 0.593. The van der Waals surface area contributed by atoms with Crippen LogP contribution in [0, 0.1) is 0 Å². The molecule has 1 aromatic rings. The number of hydrogen-bond donors (Lipinski definition) is 1. The molecule has 134 valence electrons. The summed E-state index contributed by atoms with van der Waals surface area (Å²) < 4.78 is 0.